The van der Waals surface area contributed by atoms with Crippen molar-refractivity contribution >= 4 is 124 Å². The van der Waals surface area contributed by atoms with Gasteiger partial charge in [-0.2, -0.15) is 0 Å². The number of benzene rings is 2. The lowest BCUT2D eigenvalue weighted by atomic mass is 9.76. The van der Waals surface area contributed by atoms with Crippen molar-refractivity contribution in [2.45, 2.75) is 187 Å². The molecule has 8 aromatic rings. The van der Waals surface area contributed by atoms with Gasteiger partial charge in [-0.25, -0.2) is 0 Å². The van der Waals surface area contributed by atoms with Gasteiger partial charge in [0.05, 0.1) is 41.4 Å². The minimum Gasteiger partial charge on any atom is -0.484 e. The molecule has 0 radical (unpaired) electrons. The number of fused-ring (bicyclic) bond motifs is 9. The number of rotatable bonds is 36. The molecule has 0 fully saturated rings. The van der Waals surface area contributed by atoms with Crippen LogP contribution in [0.5, 0.6) is 10.1 Å². The van der Waals surface area contributed by atoms with Gasteiger partial charge in [-0.05, 0) is 128 Å². The van der Waals surface area contributed by atoms with Crippen molar-refractivity contribution in [3.63, 3.8) is 0 Å². The maximum atomic E-state index is 11.8. The van der Waals surface area contributed by atoms with Crippen LogP contribution in [0.3, 0.4) is 0 Å². The second kappa shape index (κ2) is 35.5. The number of thiophene rings is 6. The molecule has 0 saturated heterocycles. The molecule has 9 rings (SSSR count). The average Bonchev–Trinajstić information content (AvgIpc) is 1.67. The summed E-state index contributed by atoms with van der Waals surface area (Å²) in [5, 5.41) is 2.10. The van der Waals surface area contributed by atoms with Crippen LogP contribution >= 0.6 is 68.0 Å². The van der Waals surface area contributed by atoms with Crippen LogP contribution < -0.4 is 9.47 Å². The van der Waals surface area contributed by atoms with E-state index >= 15 is 0 Å². The van der Waals surface area contributed by atoms with Crippen molar-refractivity contribution in [2.24, 2.45) is 0 Å². The molecule has 6 heterocycles. The summed E-state index contributed by atoms with van der Waals surface area (Å²) < 4.78 is 38.4. The first-order valence-corrected chi connectivity index (χ1v) is 36.3. The number of hydrogen-bond donors (Lipinski definition) is 0. The third-order valence-electron chi connectivity index (χ3n) is 15.7. The molecule has 0 saturated carbocycles. The first kappa shape index (κ1) is 69.6. The Hall–Kier alpha value is -5.87. The van der Waals surface area contributed by atoms with Crippen molar-refractivity contribution in [3.05, 3.63) is 158 Å². The van der Waals surface area contributed by atoms with Crippen LogP contribution in [0.1, 0.15) is 171 Å². The SMILES string of the molecule is C=CC(C=C)OC(=O)CCCCCCCCCCOc1cc2sc3cc(-c4ccc5c(c4)C(C)(CCC)c4cc(C)ccc4-5)sc3c2s1.C=CC(C=C)OC(=O)CCCCCCCCCCOc1cc2sc3cc(C)sc3c2s1.C=CC(C=C)OC(C)=O. The van der Waals surface area contributed by atoms with E-state index in [9.17, 15) is 14.4 Å². The third-order valence-corrected chi connectivity index (χ3v) is 23.0. The molecule has 0 aliphatic heterocycles. The molecule has 470 valence electrons. The van der Waals surface area contributed by atoms with E-state index in [1.54, 1.807) is 47.0 Å². The van der Waals surface area contributed by atoms with Crippen molar-refractivity contribution < 1.29 is 38.1 Å². The minimum atomic E-state index is -0.379. The quantitative estimate of drug-likeness (QED) is 0.0166. The van der Waals surface area contributed by atoms with Crippen LogP contribution in [0.2, 0.25) is 0 Å². The zero-order chi connectivity index (χ0) is 63.0. The van der Waals surface area contributed by atoms with E-state index in [4.69, 9.17) is 18.9 Å². The van der Waals surface area contributed by atoms with E-state index in [1.807, 2.05) is 45.3 Å². The van der Waals surface area contributed by atoms with Gasteiger partial charge in [0.25, 0.3) is 0 Å². The molecular weight excluding hydrogens is 1210 g/mol. The van der Waals surface area contributed by atoms with Gasteiger partial charge in [0.2, 0.25) is 0 Å². The molecule has 1 unspecified atom stereocenters. The van der Waals surface area contributed by atoms with E-state index in [1.165, 1.54) is 170 Å². The van der Waals surface area contributed by atoms with E-state index < -0.39 is 0 Å². The molecule has 2 aromatic carbocycles. The Labute approximate surface area is 547 Å². The van der Waals surface area contributed by atoms with Crippen LogP contribution in [-0.4, -0.2) is 49.4 Å². The molecule has 0 spiro atoms. The highest BCUT2D eigenvalue weighted by atomic mass is 32.1. The Balaban J connectivity index is 0.000000236. The van der Waals surface area contributed by atoms with Gasteiger partial charge in [-0.3, -0.25) is 14.4 Å². The largest absolute Gasteiger partial charge is 0.484 e. The van der Waals surface area contributed by atoms with Gasteiger partial charge in [-0.1, -0.05) is 195 Å². The van der Waals surface area contributed by atoms with E-state index in [-0.39, 0.29) is 41.6 Å². The van der Waals surface area contributed by atoms with Crippen LogP contribution in [0.15, 0.2) is 137 Å². The van der Waals surface area contributed by atoms with Gasteiger partial charge in [0.15, 0.2) is 10.1 Å². The Morgan fingerprint density at radius 2 is 0.886 bits per heavy atom. The average molecular weight is 1300 g/mol. The highest BCUT2D eigenvalue weighted by molar-refractivity contribution is 7.40. The van der Waals surface area contributed by atoms with Crippen molar-refractivity contribution in [1.29, 1.82) is 0 Å². The van der Waals surface area contributed by atoms with Crippen LogP contribution in [0.4, 0.5) is 0 Å². The Bertz CT molecular complexity index is 3590. The van der Waals surface area contributed by atoms with Crippen LogP contribution in [-0.2, 0) is 34.0 Å². The molecule has 14 heteroatoms. The molecule has 6 aromatic heterocycles. The lowest BCUT2D eigenvalue weighted by Gasteiger charge is -2.27. The summed E-state index contributed by atoms with van der Waals surface area (Å²) in [7, 11) is 0. The number of carbonyl (C=O) groups is 3. The summed E-state index contributed by atoms with van der Waals surface area (Å²) >= 11 is 11.2. The summed E-state index contributed by atoms with van der Waals surface area (Å²) in [6.45, 7) is 33.5. The van der Waals surface area contributed by atoms with E-state index in [0.717, 1.165) is 68.3 Å². The Kier molecular flexibility index (Phi) is 28.1. The number of ether oxygens (including phenoxy) is 5. The maximum absolute atomic E-state index is 11.8. The highest BCUT2D eigenvalue weighted by Gasteiger charge is 2.39. The Morgan fingerprint density at radius 1 is 0.477 bits per heavy atom. The molecule has 1 atom stereocenters. The van der Waals surface area contributed by atoms with Crippen LogP contribution in [0.25, 0.3) is 59.2 Å². The van der Waals surface area contributed by atoms with E-state index in [0.29, 0.717) is 12.8 Å². The third kappa shape index (κ3) is 19.6. The molecule has 0 N–H and O–H groups in total. The summed E-state index contributed by atoms with van der Waals surface area (Å²) in [6.07, 6.45) is 29.8. The summed E-state index contributed by atoms with van der Waals surface area (Å²) in [5.74, 6) is -0.647. The fourth-order valence-corrected chi connectivity index (χ4v) is 18.8. The minimum absolute atomic E-state index is 0.0592. The Morgan fingerprint density at radius 3 is 1.35 bits per heavy atom. The lowest BCUT2D eigenvalue weighted by molar-refractivity contribution is -0.146. The van der Waals surface area contributed by atoms with Gasteiger partial charge >= 0.3 is 17.9 Å². The molecule has 1 aliphatic rings. The number of unbranched alkanes of at least 4 members (excludes halogenated alkanes) is 14. The highest BCUT2D eigenvalue weighted by Crippen LogP contribution is 2.54. The lowest BCUT2D eigenvalue weighted by Crippen LogP contribution is -2.20. The number of hydrogen-bond acceptors (Lipinski definition) is 14. The topological polar surface area (TPSA) is 97.4 Å². The second-order valence-electron chi connectivity index (χ2n) is 22.7. The molecule has 8 nitrogen and oxygen atoms in total. The zero-order valence-corrected chi connectivity index (χ0v) is 57.4. The van der Waals surface area contributed by atoms with Gasteiger partial charge in [0, 0.05) is 56.5 Å². The molecule has 88 heavy (non-hydrogen) atoms. The molecule has 0 bridgehead atoms. The molecule has 0 amide bonds. The zero-order valence-electron chi connectivity index (χ0n) is 52.5. The normalized spacial score (nSPS) is 13.2. The fraction of sp³-hybridized carbons (Fsp3) is 0.419. The number of esters is 3. The van der Waals surface area contributed by atoms with Gasteiger partial charge in [0.1, 0.15) is 18.3 Å². The number of carbonyl (C=O) groups excluding carboxylic acids is 3. The molecular formula is C74H90O8S6. The van der Waals surface area contributed by atoms with E-state index in [2.05, 4.69) is 133 Å². The van der Waals surface area contributed by atoms with Crippen molar-refractivity contribution in [2.75, 3.05) is 13.2 Å². The summed E-state index contributed by atoms with van der Waals surface area (Å²) in [4.78, 5) is 36.5. The van der Waals surface area contributed by atoms with Gasteiger partial charge < -0.3 is 23.7 Å². The summed E-state index contributed by atoms with van der Waals surface area (Å²) in [6, 6.07) is 23.3. The summed E-state index contributed by atoms with van der Waals surface area (Å²) in [5.41, 5.74) is 8.53. The predicted molar refractivity (Wildman–Crippen MR) is 382 cm³/mol. The monoisotopic (exact) mass is 1300 g/mol. The fourth-order valence-electron chi connectivity index (χ4n) is 11.1. The first-order chi connectivity index (χ1) is 42.6. The van der Waals surface area contributed by atoms with Gasteiger partial charge in [-0.15, -0.1) is 45.3 Å². The number of aryl methyl sites for hydroxylation is 2. The maximum Gasteiger partial charge on any atom is 0.306 e. The van der Waals surface area contributed by atoms with Crippen molar-refractivity contribution in [3.8, 4) is 31.7 Å². The molecule has 1 aliphatic carbocycles. The van der Waals surface area contributed by atoms with Crippen LogP contribution in [0, 0.1) is 13.8 Å². The van der Waals surface area contributed by atoms with Crippen molar-refractivity contribution in [1.82, 2.24) is 0 Å². The first-order valence-electron chi connectivity index (χ1n) is 31.4. The smallest absolute Gasteiger partial charge is 0.306 e. The second-order valence-corrected chi connectivity index (χ2v) is 29.2. The predicted octanol–water partition coefficient (Wildman–Crippen LogP) is 23.4. The standard InChI is InChI=1S/C42H48O3S3.C25H32O3S3.C7H10O2/c1-6-22-42(5)33-24-28(4)18-20-31(33)32-21-19-29(25-34(32)42)35-26-36-40(47-35)41-37(46-36)27-39(48-41)44-23-16-14-12-10-9-11-13-15-17-38(43)45-30(7-2)8-3;1-4-19(5-2)28-22(26)14-12-10-8-6-7-9-11-13-15-27-23-17-21-25(31-23)24-20(30-21)16-18(3)29-24;1-4-7(5-2)9-6(3)8/h7-8,18-21,24-27,30H,2-3,6,9-17,22-23H2,1,4-5H3;4-5,16-17,19H,1-2,6-15H2,3H3;4-5,7H,1-2H2,3H3.